The molecule has 1 aromatic carbocycles. The predicted molar refractivity (Wildman–Crippen MR) is 70.6 cm³/mol. The molecule has 0 aliphatic rings. The van der Waals surface area contributed by atoms with E-state index in [2.05, 4.69) is 17.5 Å². The van der Waals surface area contributed by atoms with Crippen molar-refractivity contribution in [3.63, 3.8) is 0 Å². The summed E-state index contributed by atoms with van der Waals surface area (Å²) < 4.78 is 0. The number of rotatable bonds is 3. The molecule has 0 saturated heterocycles. The molecule has 0 saturated carbocycles. The van der Waals surface area contributed by atoms with Crippen molar-refractivity contribution in [2.75, 3.05) is 5.32 Å². The maximum Gasteiger partial charge on any atom is 0.116 e. The second-order valence-corrected chi connectivity index (χ2v) is 4.09. The normalized spacial score (nSPS) is 10.7. The Bertz CT molecular complexity index is 491. The van der Waals surface area contributed by atoms with E-state index in [4.69, 9.17) is 34.2 Å². The van der Waals surface area contributed by atoms with Gasteiger partial charge in [-0.1, -0.05) is 35.4 Å². The van der Waals surface area contributed by atoms with E-state index in [0.29, 0.717) is 15.7 Å². The first kappa shape index (κ1) is 12.8. The zero-order chi connectivity index (χ0) is 12.1. The molecule has 16 heavy (non-hydrogen) atoms. The highest BCUT2D eigenvalue weighted by Crippen LogP contribution is 2.25. The maximum atomic E-state index is 8.71. The van der Waals surface area contributed by atoms with Crippen LogP contribution in [0, 0.1) is 11.3 Å². The van der Waals surface area contributed by atoms with Crippen molar-refractivity contribution in [1.82, 2.24) is 0 Å². The van der Waals surface area contributed by atoms with Crippen LogP contribution in [0.2, 0.25) is 10.0 Å². The van der Waals surface area contributed by atoms with Crippen LogP contribution in [0.15, 0.2) is 30.0 Å². The highest BCUT2D eigenvalue weighted by atomic mass is 35.5. The maximum absolute atomic E-state index is 8.71. The Labute approximate surface area is 108 Å². The van der Waals surface area contributed by atoms with Crippen molar-refractivity contribution >= 4 is 46.1 Å². The average Bonchev–Trinajstić information content (AvgIpc) is 2.23. The van der Waals surface area contributed by atoms with Crippen molar-refractivity contribution in [2.24, 2.45) is 5.73 Å². The third kappa shape index (κ3) is 3.38. The number of hydrogen-bond acceptors (Lipinski definition) is 3. The number of anilines is 1. The molecule has 0 heterocycles. The number of nitrogens with two attached hydrogens (primary N) is 1. The Balaban J connectivity index is 2.94. The zero-order valence-corrected chi connectivity index (χ0v) is 10.3. The van der Waals surface area contributed by atoms with E-state index in [1.165, 1.54) is 6.20 Å². The summed E-state index contributed by atoms with van der Waals surface area (Å²) in [6.45, 7) is 0. The van der Waals surface area contributed by atoms with Gasteiger partial charge < -0.3 is 11.1 Å². The second-order valence-electron chi connectivity index (χ2n) is 2.80. The van der Waals surface area contributed by atoms with Gasteiger partial charge in [0, 0.05) is 11.2 Å². The molecule has 0 bridgehead atoms. The van der Waals surface area contributed by atoms with E-state index in [1.807, 2.05) is 6.07 Å². The topological polar surface area (TPSA) is 61.8 Å². The molecule has 0 radical (unpaired) electrons. The Kier molecular flexibility index (Phi) is 4.56. The minimum Gasteiger partial charge on any atom is -0.389 e. The first-order valence-electron chi connectivity index (χ1n) is 4.16. The molecule has 0 aliphatic heterocycles. The van der Waals surface area contributed by atoms with Gasteiger partial charge in [0.05, 0.1) is 10.7 Å². The molecule has 0 amide bonds. The summed E-state index contributed by atoms with van der Waals surface area (Å²) >= 11 is 16.4. The summed E-state index contributed by atoms with van der Waals surface area (Å²) in [5.74, 6) is 0. The summed E-state index contributed by atoms with van der Waals surface area (Å²) in [6, 6.07) is 6.81. The zero-order valence-electron chi connectivity index (χ0n) is 8.00. The van der Waals surface area contributed by atoms with Gasteiger partial charge in [-0.25, -0.2) is 0 Å². The number of nitriles is 1. The third-order valence-electron chi connectivity index (χ3n) is 1.69. The molecule has 3 N–H and O–H groups in total. The average molecular weight is 272 g/mol. The monoisotopic (exact) mass is 271 g/mol. The van der Waals surface area contributed by atoms with Gasteiger partial charge in [-0.15, -0.1) is 0 Å². The van der Waals surface area contributed by atoms with Crippen LogP contribution in [0.3, 0.4) is 0 Å². The van der Waals surface area contributed by atoms with E-state index >= 15 is 0 Å². The fourth-order valence-corrected chi connectivity index (χ4v) is 1.37. The lowest BCUT2D eigenvalue weighted by atomic mass is 10.3. The van der Waals surface area contributed by atoms with E-state index in [9.17, 15) is 0 Å². The van der Waals surface area contributed by atoms with Crippen LogP contribution in [0.4, 0.5) is 5.69 Å². The van der Waals surface area contributed by atoms with E-state index in [1.54, 1.807) is 18.2 Å². The molecular weight excluding hydrogens is 265 g/mol. The Morgan fingerprint density at radius 2 is 2.19 bits per heavy atom. The quantitative estimate of drug-likeness (QED) is 0.504. The Hall–Kier alpha value is -1.28. The van der Waals surface area contributed by atoms with E-state index in [0.717, 1.165) is 0 Å². The van der Waals surface area contributed by atoms with Crippen LogP contribution in [0.5, 0.6) is 0 Å². The van der Waals surface area contributed by atoms with Gasteiger partial charge in [-0.3, -0.25) is 0 Å². The number of nitrogens with one attached hydrogen (secondary N) is 1. The van der Waals surface area contributed by atoms with Crippen LogP contribution in [0.25, 0.3) is 0 Å². The van der Waals surface area contributed by atoms with Gasteiger partial charge in [0.15, 0.2) is 0 Å². The molecule has 0 fully saturated rings. The molecule has 3 nitrogen and oxygen atoms in total. The van der Waals surface area contributed by atoms with Gasteiger partial charge in [0.1, 0.15) is 16.6 Å². The molecule has 1 rings (SSSR count). The fourth-order valence-electron chi connectivity index (χ4n) is 0.917. The van der Waals surface area contributed by atoms with Crippen molar-refractivity contribution in [3.8, 4) is 6.07 Å². The molecule has 1 aromatic rings. The fraction of sp³-hybridized carbons (Fsp3) is 0. The molecular formula is C10H7Cl2N3S. The van der Waals surface area contributed by atoms with E-state index < -0.39 is 0 Å². The van der Waals surface area contributed by atoms with Gasteiger partial charge in [0.25, 0.3) is 0 Å². The number of thiocarbonyl (C=S) groups is 1. The van der Waals surface area contributed by atoms with Gasteiger partial charge in [-0.05, 0) is 18.2 Å². The van der Waals surface area contributed by atoms with Gasteiger partial charge >= 0.3 is 0 Å². The molecule has 0 unspecified atom stereocenters. The van der Waals surface area contributed by atoms with Crippen LogP contribution >= 0.6 is 35.4 Å². The van der Waals surface area contributed by atoms with Crippen LogP contribution < -0.4 is 11.1 Å². The lowest BCUT2D eigenvalue weighted by molar-refractivity contribution is 1.49. The van der Waals surface area contributed by atoms with Crippen molar-refractivity contribution in [2.45, 2.75) is 0 Å². The standard InChI is InChI=1S/C10H7Cl2N3S/c11-7-1-2-8(12)9(3-7)15-5-6(4-13)10(14)16/h1-3,5,15H,(H2,14,16)/b6-5+. The number of benzene rings is 1. The summed E-state index contributed by atoms with van der Waals surface area (Å²) in [6.07, 6.45) is 1.39. The third-order valence-corrected chi connectivity index (χ3v) is 2.47. The SMILES string of the molecule is N#C/C(=C\Nc1cc(Cl)ccc1Cl)C(N)=S. The van der Waals surface area contributed by atoms with Crippen molar-refractivity contribution in [3.05, 3.63) is 40.0 Å². The smallest absolute Gasteiger partial charge is 0.116 e. The summed E-state index contributed by atoms with van der Waals surface area (Å²) in [7, 11) is 0. The molecule has 0 atom stereocenters. The van der Waals surface area contributed by atoms with Gasteiger partial charge in [-0.2, -0.15) is 5.26 Å². The second kappa shape index (κ2) is 5.71. The van der Waals surface area contributed by atoms with Crippen LogP contribution in [-0.4, -0.2) is 4.99 Å². The minimum absolute atomic E-state index is 0.0214. The number of halogens is 2. The molecule has 6 heteroatoms. The number of nitrogens with zero attached hydrogens (tertiary/aromatic N) is 1. The first-order chi connectivity index (χ1) is 7.54. The largest absolute Gasteiger partial charge is 0.389 e. The predicted octanol–water partition coefficient (Wildman–Crippen LogP) is 3.10. The van der Waals surface area contributed by atoms with Crippen LogP contribution in [-0.2, 0) is 0 Å². The first-order valence-corrected chi connectivity index (χ1v) is 5.32. The summed E-state index contributed by atoms with van der Waals surface area (Å²) in [4.78, 5) is 0.0214. The van der Waals surface area contributed by atoms with Crippen molar-refractivity contribution in [1.29, 1.82) is 5.26 Å². The molecule has 0 spiro atoms. The van der Waals surface area contributed by atoms with Crippen molar-refractivity contribution < 1.29 is 0 Å². The highest BCUT2D eigenvalue weighted by Gasteiger charge is 2.01. The van der Waals surface area contributed by atoms with Crippen LogP contribution in [0.1, 0.15) is 0 Å². The molecule has 0 aliphatic carbocycles. The Morgan fingerprint density at radius 1 is 1.50 bits per heavy atom. The van der Waals surface area contributed by atoms with Gasteiger partial charge in [0.2, 0.25) is 0 Å². The lowest BCUT2D eigenvalue weighted by Crippen LogP contribution is -2.11. The molecule has 82 valence electrons. The van der Waals surface area contributed by atoms with E-state index in [-0.39, 0.29) is 10.6 Å². The molecule has 0 aromatic heterocycles. The number of hydrogen-bond donors (Lipinski definition) is 2. The summed E-state index contributed by atoms with van der Waals surface area (Å²) in [5.41, 5.74) is 6.07. The highest BCUT2D eigenvalue weighted by molar-refractivity contribution is 7.80. The lowest BCUT2D eigenvalue weighted by Gasteiger charge is -2.04. The Morgan fingerprint density at radius 3 is 2.75 bits per heavy atom. The summed E-state index contributed by atoms with van der Waals surface area (Å²) in [5, 5.41) is 12.6. The minimum atomic E-state index is 0.0214.